The van der Waals surface area contributed by atoms with Gasteiger partial charge >= 0.3 is 0 Å². The van der Waals surface area contributed by atoms with Crippen LogP contribution in [0.25, 0.3) is 11.1 Å². The van der Waals surface area contributed by atoms with Crippen LogP contribution >= 0.6 is 0 Å². The Kier molecular flexibility index (Phi) is 7.83. The first-order valence-corrected chi connectivity index (χ1v) is 12.2. The second-order valence-corrected chi connectivity index (χ2v) is 9.75. The van der Waals surface area contributed by atoms with E-state index in [2.05, 4.69) is 55.0 Å². The second kappa shape index (κ2) is 11.0. The van der Waals surface area contributed by atoms with E-state index >= 15 is 0 Å². The number of fused-ring (bicyclic) bond motifs is 1. The topological polar surface area (TPSA) is 65.9 Å². The van der Waals surface area contributed by atoms with Gasteiger partial charge < -0.3 is 14.7 Å². The predicted octanol–water partition coefficient (Wildman–Crippen LogP) is 4.41. The fourth-order valence-corrected chi connectivity index (χ4v) is 4.60. The van der Waals surface area contributed by atoms with Crippen LogP contribution in [0, 0.1) is 12.8 Å². The zero-order valence-electron chi connectivity index (χ0n) is 21.0. The van der Waals surface area contributed by atoms with E-state index < -0.39 is 0 Å². The minimum Gasteiger partial charge on any atom is -0.472 e. The summed E-state index contributed by atoms with van der Waals surface area (Å²) < 4.78 is 6.44. The van der Waals surface area contributed by atoms with Crippen LogP contribution in [0.15, 0.2) is 66.9 Å². The fourth-order valence-electron chi connectivity index (χ4n) is 4.60. The third-order valence-corrected chi connectivity index (χ3v) is 6.65. The largest absolute Gasteiger partial charge is 0.472 e. The molecule has 0 radical (unpaired) electrons. The maximum absolute atomic E-state index is 13.6. The number of hydrogen-bond acceptors (Lipinski definition) is 5. The molecular formula is C29H35N3O3. The Balaban J connectivity index is 1.64. The lowest BCUT2D eigenvalue weighted by Gasteiger charge is -2.37. The van der Waals surface area contributed by atoms with Crippen LogP contribution < -0.4 is 4.74 Å². The molecule has 35 heavy (non-hydrogen) atoms. The van der Waals surface area contributed by atoms with E-state index in [4.69, 9.17) is 4.74 Å². The lowest BCUT2D eigenvalue weighted by molar-refractivity contribution is 0.0325. The maximum Gasteiger partial charge on any atom is 0.259 e. The molecule has 2 aromatic carbocycles. The van der Waals surface area contributed by atoms with Crippen LogP contribution in [0.1, 0.15) is 35.3 Å². The van der Waals surface area contributed by atoms with Crippen molar-refractivity contribution < 1.29 is 14.6 Å². The third kappa shape index (κ3) is 5.89. The van der Waals surface area contributed by atoms with Gasteiger partial charge in [0, 0.05) is 37.3 Å². The first-order chi connectivity index (χ1) is 16.9. The molecule has 4 rings (SSSR count). The molecular weight excluding hydrogens is 438 g/mol. The minimum absolute atomic E-state index is 0.0525. The molecule has 1 aliphatic rings. The highest BCUT2D eigenvalue weighted by Gasteiger charge is 2.34. The quantitative estimate of drug-likeness (QED) is 0.551. The molecule has 1 amide bonds. The Bertz CT molecular complexity index is 1150. The van der Waals surface area contributed by atoms with E-state index in [9.17, 15) is 9.90 Å². The van der Waals surface area contributed by atoms with Crippen LogP contribution in [0.2, 0.25) is 0 Å². The summed E-state index contributed by atoms with van der Waals surface area (Å²) in [6.45, 7) is 7.96. The van der Waals surface area contributed by atoms with Crippen molar-refractivity contribution in [2.75, 3.05) is 26.7 Å². The highest BCUT2D eigenvalue weighted by atomic mass is 16.5. The van der Waals surface area contributed by atoms with Gasteiger partial charge in [-0.3, -0.25) is 9.69 Å². The van der Waals surface area contributed by atoms with Crippen LogP contribution in [0.5, 0.6) is 5.88 Å². The van der Waals surface area contributed by atoms with Gasteiger partial charge in [-0.1, -0.05) is 67.1 Å². The summed E-state index contributed by atoms with van der Waals surface area (Å²) in [6, 6.07) is 20.0. The zero-order valence-corrected chi connectivity index (χ0v) is 21.0. The normalized spacial score (nSPS) is 19.0. The molecule has 1 aromatic heterocycles. The van der Waals surface area contributed by atoms with Gasteiger partial charge in [-0.2, -0.15) is 0 Å². The number of ether oxygens (including phenoxy) is 1. The number of rotatable bonds is 7. The highest BCUT2D eigenvalue weighted by Crippen LogP contribution is 2.30. The fraction of sp³-hybridized carbons (Fsp3) is 0.379. The molecule has 3 aromatic rings. The van der Waals surface area contributed by atoms with Gasteiger partial charge in [0.15, 0.2) is 0 Å². The standard InChI is InChI=1S/C29H35N3O3/c1-20-9-8-10-23(13-20)17-31(4)18-27-21(2)16-32(22(3)19-33)29(34)26-14-25(15-30-28(26)35-27)24-11-6-5-7-12-24/h5-15,21-22,27,33H,16-19H2,1-4H3/t21-,22+,27-/m0/s1. The molecule has 3 atom stereocenters. The first-order valence-electron chi connectivity index (χ1n) is 12.2. The molecule has 2 heterocycles. The molecule has 1 N–H and O–H groups in total. The van der Waals surface area contributed by atoms with Gasteiger partial charge in [0.05, 0.1) is 12.6 Å². The number of nitrogens with zero attached hydrogens (tertiary/aromatic N) is 3. The van der Waals surface area contributed by atoms with E-state index in [1.165, 1.54) is 11.1 Å². The molecule has 6 nitrogen and oxygen atoms in total. The minimum atomic E-state index is -0.304. The number of likely N-dealkylation sites (N-methyl/N-ethyl adjacent to an activating group) is 1. The van der Waals surface area contributed by atoms with Crippen molar-refractivity contribution >= 4 is 5.91 Å². The second-order valence-electron chi connectivity index (χ2n) is 9.75. The SMILES string of the molecule is Cc1cccc(CN(C)C[C@@H]2Oc3ncc(-c4ccccc4)cc3C(=O)N([C@H](C)CO)C[C@@H]2C)c1. The average Bonchev–Trinajstić information content (AvgIpc) is 2.86. The molecule has 0 aliphatic carbocycles. The van der Waals surface area contributed by atoms with Crippen LogP contribution in [0.4, 0.5) is 0 Å². The summed E-state index contributed by atoms with van der Waals surface area (Å²) in [6.07, 6.45) is 1.60. The smallest absolute Gasteiger partial charge is 0.259 e. The van der Waals surface area contributed by atoms with E-state index in [1.807, 2.05) is 43.3 Å². The number of benzene rings is 2. The highest BCUT2D eigenvalue weighted by molar-refractivity contribution is 5.98. The molecule has 0 unspecified atom stereocenters. The number of aliphatic hydroxyl groups excluding tert-OH is 1. The Hall–Kier alpha value is -3.22. The molecule has 0 bridgehead atoms. The van der Waals surface area contributed by atoms with E-state index in [0.29, 0.717) is 24.5 Å². The van der Waals surface area contributed by atoms with Crippen LogP contribution in [-0.4, -0.2) is 64.7 Å². The summed E-state index contributed by atoms with van der Waals surface area (Å²) in [7, 11) is 2.09. The lowest BCUT2D eigenvalue weighted by atomic mass is 9.99. The summed E-state index contributed by atoms with van der Waals surface area (Å²) >= 11 is 0. The van der Waals surface area contributed by atoms with Crippen molar-refractivity contribution in [2.24, 2.45) is 5.92 Å². The molecule has 0 saturated carbocycles. The average molecular weight is 474 g/mol. The summed E-state index contributed by atoms with van der Waals surface area (Å²) in [4.78, 5) is 22.2. The number of aryl methyl sites for hydroxylation is 1. The first kappa shape index (κ1) is 24.9. The lowest BCUT2D eigenvalue weighted by Crippen LogP contribution is -2.49. The number of pyridine rings is 1. The Morgan fingerprint density at radius 3 is 2.63 bits per heavy atom. The van der Waals surface area contributed by atoms with Gasteiger partial charge in [0.2, 0.25) is 5.88 Å². The molecule has 0 saturated heterocycles. The van der Waals surface area contributed by atoms with Crippen molar-refractivity contribution in [2.45, 2.75) is 39.5 Å². The molecule has 0 spiro atoms. The van der Waals surface area contributed by atoms with Crippen LogP contribution in [0.3, 0.4) is 0 Å². The van der Waals surface area contributed by atoms with Crippen molar-refractivity contribution in [3.05, 3.63) is 83.6 Å². The van der Waals surface area contributed by atoms with E-state index in [0.717, 1.165) is 17.7 Å². The number of aromatic nitrogens is 1. The zero-order chi connectivity index (χ0) is 24.9. The molecule has 1 aliphatic heterocycles. The van der Waals surface area contributed by atoms with E-state index in [1.54, 1.807) is 11.1 Å². The molecule has 6 heteroatoms. The van der Waals surface area contributed by atoms with Gasteiger partial charge in [-0.15, -0.1) is 0 Å². The van der Waals surface area contributed by atoms with Crippen molar-refractivity contribution in [1.82, 2.24) is 14.8 Å². The Morgan fingerprint density at radius 1 is 1.14 bits per heavy atom. The summed E-state index contributed by atoms with van der Waals surface area (Å²) in [5, 5.41) is 9.88. The van der Waals surface area contributed by atoms with Crippen molar-refractivity contribution in [3.63, 3.8) is 0 Å². The number of hydrogen-bond donors (Lipinski definition) is 1. The number of amides is 1. The van der Waals surface area contributed by atoms with Gasteiger partial charge in [0.25, 0.3) is 5.91 Å². The Labute approximate surface area is 208 Å². The number of aliphatic hydroxyl groups is 1. The number of carbonyl (C=O) groups excluding carboxylic acids is 1. The Morgan fingerprint density at radius 2 is 1.91 bits per heavy atom. The van der Waals surface area contributed by atoms with Gasteiger partial charge in [-0.05, 0) is 38.1 Å². The van der Waals surface area contributed by atoms with E-state index in [-0.39, 0.29) is 30.6 Å². The van der Waals surface area contributed by atoms with Gasteiger partial charge in [-0.25, -0.2) is 4.98 Å². The van der Waals surface area contributed by atoms with Gasteiger partial charge in [0.1, 0.15) is 11.7 Å². The van der Waals surface area contributed by atoms with Crippen molar-refractivity contribution in [3.8, 4) is 17.0 Å². The van der Waals surface area contributed by atoms with Crippen molar-refractivity contribution in [1.29, 1.82) is 0 Å². The third-order valence-electron chi connectivity index (χ3n) is 6.65. The maximum atomic E-state index is 13.6. The molecule has 0 fully saturated rings. The summed E-state index contributed by atoms with van der Waals surface area (Å²) in [5.41, 5.74) is 4.78. The van der Waals surface area contributed by atoms with Crippen LogP contribution in [-0.2, 0) is 6.54 Å². The predicted molar refractivity (Wildman–Crippen MR) is 138 cm³/mol. The monoisotopic (exact) mass is 473 g/mol. The number of carbonyl (C=O) groups is 1. The molecule has 184 valence electrons. The summed E-state index contributed by atoms with van der Waals surface area (Å²) in [5.74, 6) is 0.243.